The van der Waals surface area contributed by atoms with Gasteiger partial charge in [0.2, 0.25) is 10.0 Å². The van der Waals surface area contributed by atoms with Gasteiger partial charge in [0.15, 0.2) is 0 Å². The molecule has 0 unspecified atom stereocenters. The summed E-state index contributed by atoms with van der Waals surface area (Å²) < 4.78 is 22.4. The van der Waals surface area contributed by atoms with Crippen molar-refractivity contribution in [3.8, 4) is 0 Å². The minimum absolute atomic E-state index is 0.127. The van der Waals surface area contributed by atoms with Crippen LogP contribution in [0, 0.1) is 0 Å². The van der Waals surface area contributed by atoms with Crippen LogP contribution >= 0.6 is 0 Å². The van der Waals surface area contributed by atoms with Gasteiger partial charge >= 0.3 is 5.97 Å². The predicted molar refractivity (Wildman–Crippen MR) is 86.9 cm³/mol. The molecule has 1 atom stereocenters. The van der Waals surface area contributed by atoms with Crippen molar-refractivity contribution in [2.75, 3.05) is 0 Å². The number of nitrogens with one attached hydrogen (secondary N) is 1. The van der Waals surface area contributed by atoms with Crippen LogP contribution in [0.4, 0.5) is 0 Å². The molecule has 0 fully saturated rings. The maximum Gasteiger partial charge on any atom is 0.326 e. The number of aliphatic carboxylic acids is 1. The number of nitrogens with two attached hydrogens (primary N) is 1. The van der Waals surface area contributed by atoms with Gasteiger partial charge in [-0.25, -0.2) is 18.4 Å². The normalized spacial score (nSPS) is 12.4. The summed E-state index contributed by atoms with van der Waals surface area (Å²) in [5, 5.41) is 16.7. The Bertz CT molecular complexity index is 833. The van der Waals surface area contributed by atoms with E-state index in [-0.39, 0.29) is 16.9 Å². The average molecular weight is 348 g/mol. The van der Waals surface area contributed by atoms with Gasteiger partial charge in [-0.15, -0.1) is 0 Å². The molecule has 24 heavy (non-hydrogen) atoms. The number of amides is 1. The molecule has 0 aliphatic heterocycles. The van der Waals surface area contributed by atoms with Crippen LogP contribution in [-0.2, 0) is 21.2 Å². The lowest BCUT2D eigenvalue weighted by Gasteiger charge is -2.15. The standard InChI is InChI=1S/C16H16N2O5S/c17-24(22,23)13-8-6-12(7-9-13)15(19)18-14(16(20)21)10-11-4-2-1-3-5-11/h1-9,14H,10H2,(H,18,19)(H,20,21)(H2,17,22,23)/t14-/m1/s1. The Morgan fingerprint density at radius 3 is 2.12 bits per heavy atom. The molecular weight excluding hydrogens is 332 g/mol. The van der Waals surface area contributed by atoms with Gasteiger partial charge < -0.3 is 10.4 Å². The van der Waals surface area contributed by atoms with Gasteiger partial charge in [0.1, 0.15) is 6.04 Å². The maximum atomic E-state index is 12.2. The van der Waals surface area contributed by atoms with Crippen LogP contribution in [-0.4, -0.2) is 31.4 Å². The van der Waals surface area contributed by atoms with Crippen LogP contribution < -0.4 is 10.5 Å². The van der Waals surface area contributed by atoms with E-state index >= 15 is 0 Å². The van der Waals surface area contributed by atoms with Crippen LogP contribution in [0.1, 0.15) is 15.9 Å². The number of primary sulfonamides is 1. The van der Waals surface area contributed by atoms with E-state index in [1.807, 2.05) is 6.07 Å². The summed E-state index contributed by atoms with van der Waals surface area (Å²) in [6, 6.07) is 12.7. The molecule has 126 valence electrons. The van der Waals surface area contributed by atoms with Crippen molar-refractivity contribution < 1.29 is 23.1 Å². The number of carboxylic acid groups (broad SMARTS) is 1. The number of sulfonamides is 1. The summed E-state index contributed by atoms with van der Waals surface area (Å²) in [6.07, 6.45) is 0.136. The van der Waals surface area contributed by atoms with Gasteiger partial charge in [0, 0.05) is 12.0 Å². The number of rotatable bonds is 6. The molecule has 0 radical (unpaired) electrons. The lowest BCUT2D eigenvalue weighted by Crippen LogP contribution is -2.42. The van der Waals surface area contributed by atoms with Gasteiger partial charge in [-0.2, -0.15) is 0 Å². The first kappa shape index (κ1) is 17.6. The van der Waals surface area contributed by atoms with Crippen LogP contribution in [0.25, 0.3) is 0 Å². The fourth-order valence-corrected chi connectivity index (χ4v) is 2.60. The number of hydrogen-bond donors (Lipinski definition) is 3. The van der Waals surface area contributed by atoms with Crippen molar-refractivity contribution in [3.05, 3.63) is 65.7 Å². The number of carbonyl (C=O) groups excluding carboxylic acids is 1. The quantitative estimate of drug-likeness (QED) is 0.710. The van der Waals surface area contributed by atoms with Crippen molar-refractivity contribution in [2.45, 2.75) is 17.4 Å². The van der Waals surface area contributed by atoms with Crippen LogP contribution in [0.3, 0.4) is 0 Å². The molecule has 0 aromatic heterocycles. The van der Waals surface area contributed by atoms with Gasteiger partial charge in [-0.1, -0.05) is 30.3 Å². The van der Waals surface area contributed by atoms with E-state index in [1.54, 1.807) is 24.3 Å². The maximum absolute atomic E-state index is 12.2. The van der Waals surface area contributed by atoms with Crippen LogP contribution in [0.15, 0.2) is 59.5 Å². The summed E-state index contributed by atoms with van der Waals surface area (Å²) in [4.78, 5) is 23.4. The van der Waals surface area contributed by atoms with Crippen molar-refractivity contribution >= 4 is 21.9 Å². The highest BCUT2D eigenvalue weighted by atomic mass is 32.2. The van der Waals surface area contributed by atoms with E-state index in [0.29, 0.717) is 0 Å². The van der Waals surface area contributed by atoms with Crippen molar-refractivity contribution in [2.24, 2.45) is 5.14 Å². The Morgan fingerprint density at radius 2 is 1.62 bits per heavy atom. The second-order valence-corrected chi connectivity index (χ2v) is 6.68. The van der Waals surface area contributed by atoms with Gasteiger partial charge in [-0.05, 0) is 29.8 Å². The Hall–Kier alpha value is -2.71. The average Bonchev–Trinajstić information content (AvgIpc) is 2.54. The van der Waals surface area contributed by atoms with E-state index in [2.05, 4.69) is 5.32 Å². The van der Waals surface area contributed by atoms with E-state index in [4.69, 9.17) is 5.14 Å². The topological polar surface area (TPSA) is 127 Å². The molecule has 2 aromatic carbocycles. The Morgan fingerprint density at radius 1 is 1.04 bits per heavy atom. The molecular formula is C16H16N2O5S. The van der Waals surface area contributed by atoms with Crippen molar-refractivity contribution in [1.29, 1.82) is 0 Å². The first-order chi connectivity index (χ1) is 11.3. The smallest absolute Gasteiger partial charge is 0.326 e. The highest BCUT2D eigenvalue weighted by Gasteiger charge is 2.21. The zero-order chi connectivity index (χ0) is 17.7. The molecule has 0 aliphatic rings. The number of carbonyl (C=O) groups is 2. The van der Waals surface area contributed by atoms with E-state index in [0.717, 1.165) is 5.56 Å². The highest BCUT2D eigenvalue weighted by Crippen LogP contribution is 2.10. The van der Waals surface area contributed by atoms with E-state index in [1.165, 1.54) is 24.3 Å². The van der Waals surface area contributed by atoms with Gasteiger partial charge in [-0.3, -0.25) is 4.79 Å². The molecule has 0 heterocycles. The SMILES string of the molecule is NS(=O)(=O)c1ccc(C(=O)N[C@H](Cc2ccccc2)C(=O)O)cc1. The summed E-state index contributed by atoms with van der Waals surface area (Å²) in [7, 11) is -3.85. The van der Waals surface area contributed by atoms with Crippen LogP contribution in [0.5, 0.6) is 0 Å². The monoisotopic (exact) mass is 348 g/mol. The Labute approximate surface area is 139 Å². The lowest BCUT2D eigenvalue weighted by molar-refractivity contribution is -0.139. The molecule has 2 rings (SSSR count). The minimum Gasteiger partial charge on any atom is -0.480 e. The molecule has 7 nitrogen and oxygen atoms in total. The highest BCUT2D eigenvalue weighted by molar-refractivity contribution is 7.89. The molecule has 0 aliphatic carbocycles. The molecule has 2 aromatic rings. The van der Waals surface area contributed by atoms with E-state index in [9.17, 15) is 23.1 Å². The van der Waals surface area contributed by atoms with Gasteiger partial charge in [0.05, 0.1) is 4.90 Å². The summed E-state index contributed by atoms with van der Waals surface area (Å²) in [5.41, 5.74) is 0.913. The predicted octanol–water partition coefficient (Wildman–Crippen LogP) is 0.760. The van der Waals surface area contributed by atoms with Gasteiger partial charge in [0.25, 0.3) is 5.91 Å². The fourth-order valence-electron chi connectivity index (χ4n) is 2.09. The third-order valence-electron chi connectivity index (χ3n) is 3.33. The number of hydrogen-bond acceptors (Lipinski definition) is 4. The molecule has 0 saturated carbocycles. The first-order valence-electron chi connectivity index (χ1n) is 6.98. The minimum atomic E-state index is -3.85. The van der Waals surface area contributed by atoms with Crippen LogP contribution in [0.2, 0.25) is 0 Å². The molecule has 1 amide bonds. The third kappa shape index (κ3) is 4.64. The lowest BCUT2D eigenvalue weighted by atomic mass is 10.1. The number of benzene rings is 2. The third-order valence-corrected chi connectivity index (χ3v) is 4.26. The summed E-state index contributed by atoms with van der Waals surface area (Å²) in [6.45, 7) is 0. The Balaban J connectivity index is 2.12. The summed E-state index contributed by atoms with van der Waals surface area (Å²) in [5.74, 6) is -1.77. The number of carboxylic acids is 1. The fraction of sp³-hybridized carbons (Fsp3) is 0.125. The molecule has 0 spiro atoms. The molecule has 8 heteroatoms. The molecule has 0 saturated heterocycles. The summed E-state index contributed by atoms with van der Waals surface area (Å²) >= 11 is 0. The van der Waals surface area contributed by atoms with Crippen molar-refractivity contribution in [3.63, 3.8) is 0 Å². The second kappa shape index (κ2) is 7.24. The first-order valence-corrected chi connectivity index (χ1v) is 8.52. The van der Waals surface area contributed by atoms with E-state index < -0.39 is 27.9 Å². The molecule has 4 N–H and O–H groups in total. The second-order valence-electron chi connectivity index (χ2n) is 5.12. The zero-order valence-corrected chi connectivity index (χ0v) is 13.4. The Kier molecular flexibility index (Phi) is 5.32. The van der Waals surface area contributed by atoms with Crippen molar-refractivity contribution in [1.82, 2.24) is 5.32 Å². The molecule has 0 bridgehead atoms. The largest absolute Gasteiger partial charge is 0.480 e. The zero-order valence-electron chi connectivity index (χ0n) is 12.5.